The van der Waals surface area contributed by atoms with E-state index in [1.807, 2.05) is 0 Å². The Balaban J connectivity index is 2.43. The normalized spacial score (nSPS) is 27.8. The Bertz CT molecular complexity index is 170. The van der Waals surface area contributed by atoms with Gasteiger partial charge in [0.2, 0.25) is 0 Å². The van der Waals surface area contributed by atoms with E-state index in [0.717, 1.165) is 18.9 Å². The molecule has 0 bridgehead atoms. The molecule has 11 heavy (non-hydrogen) atoms. The van der Waals surface area contributed by atoms with E-state index < -0.39 is 0 Å². The third-order valence-corrected chi connectivity index (χ3v) is 1.92. The van der Waals surface area contributed by atoms with Crippen molar-refractivity contribution in [1.82, 2.24) is 0 Å². The van der Waals surface area contributed by atoms with Crippen molar-refractivity contribution in [3.05, 3.63) is 12.2 Å². The van der Waals surface area contributed by atoms with Crippen LogP contribution in [-0.4, -0.2) is 18.8 Å². The molecule has 1 aliphatic carbocycles. The van der Waals surface area contributed by atoms with Gasteiger partial charge in [0.15, 0.2) is 0 Å². The molecule has 2 N–H and O–H groups in total. The minimum Gasteiger partial charge on any atom is -0.329 e. The van der Waals surface area contributed by atoms with Gasteiger partial charge in [-0.25, -0.2) is 0 Å². The lowest BCUT2D eigenvalue weighted by molar-refractivity contribution is 0.658. The first-order valence-corrected chi connectivity index (χ1v) is 4.24. The fourth-order valence-electron chi connectivity index (χ4n) is 1.17. The lowest BCUT2D eigenvalue weighted by atomic mass is 9.96. The van der Waals surface area contributed by atoms with E-state index in [2.05, 4.69) is 24.1 Å². The van der Waals surface area contributed by atoms with Gasteiger partial charge in [-0.3, -0.25) is 4.99 Å². The number of nitrogens with two attached hydrogens (primary N) is 1. The summed E-state index contributed by atoms with van der Waals surface area (Å²) in [6, 6.07) is 0. The number of allylic oxidation sites excluding steroid dienone is 2. The third kappa shape index (κ3) is 2.85. The van der Waals surface area contributed by atoms with Gasteiger partial charge in [0.1, 0.15) is 0 Å². The molecule has 0 fully saturated rings. The van der Waals surface area contributed by atoms with Crippen LogP contribution >= 0.6 is 0 Å². The smallest absolute Gasteiger partial charge is 0.0515 e. The van der Waals surface area contributed by atoms with E-state index in [4.69, 9.17) is 5.73 Å². The van der Waals surface area contributed by atoms with Crippen LogP contribution in [0.5, 0.6) is 0 Å². The number of hydrogen-bond acceptors (Lipinski definition) is 2. The van der Waals surface area contributed by atoms with Gasteiger partial charge < -0.3 is 5.73 Å². The minimum atomic E-state index is 0.660. The standard InChI is InChI=1S/C9H16N2/c1-8-2-4-9(5-3-8)11-7-6-10/h2,4,8H,3,5-7,10H2,1H3. The highest BCUT2D eigenvalue weighted by Crippen LogP contribution is 2.14. The predicted octanol–water partition coefficient (Wildman–Crippen LogP) is 1.37. The second-order valence-corrected chi connectivity index (χ2v) is 3.04. The number of nitrogens with zero attached hydrogens (tertiary/aromatic N) is 1. The second-order valence-electron chi connectivity index (χ2n) is 3.04. The fraction of sp³-hybridized carbons (Fsp3) is 0.667. The summed E-state index contributed by atoms with van der Waals surface area (Å²) in [6.07, 6.45) is 6.71. The van der Waals surface area contributed by atoms with Crippen LogP contribution in [0.3, 0.4) is 0 Å². The highest BCUT2D eigenvalue weighted by atomic mass is 14.8. The quantitative estimate of drug-likeness (QED) is 0.637. The monoisotopic (exact) mass is 152 g/mol. The van der Waals surface area contributed by atoms with Gasteiger partial charge in [0.25, 0.3) is 0 Å². The zero-order valence-electron chi connectivity index (χ0n) is 7.09. The van der Waals surface area contributed by atoms with Crippen molar-refractivity contribution < 1.29 is 0 Å². The molecular formula is C9H16N2. The van der Waals surface area contributed by atoms with Crippen molar-refractivity contribution in [1.29, 1.82) is 0 Å². The van der Waals surface area contributed by atoms with Crippen LogP contribution in [-0.2, 0) is 0 Å². The van der Waals surface area contributed by atoms with Gasteiger partial charge in [-0.15, -0.1) is 0 Å². The van der Waals surface area contributed by atoms with Crippen molar-refractivity contribution in [2.24, 2.45) is 16.6 Å². The molecule has 1 aliphatic rings. The Morgan fingerprint density at radius 1 is 1.73 bits per heavy atom. The van der Waals surface area contributed by atoms with E-state index in [-0.39, 0.29) is 0 Å². The molecule has 0 saturated carbocycles. The van der Waals surface area contributed by atoms with E-state index in [9.17, 15) is 0 Å². The maximum Gasteiger partial charge on any atom is 0.0515 e. The Kier molecular flexibility index (Phi) is 3.30. The Morgan fingerprint density at radius 3 is 3.09 bits per heavy atom. The predicted molar refractivity (Wildman–Crippen MR) is 48.9 cm³/mol. The molecule has 0 aromatic heterocycles. The van der Waals surface area contributed by atoms with E-state index in [0.29, 0.717) is 6.54 Å². The van der Waals surface area contributed by atoms with Gasteiger partial charge in [0.05, 0.1) is 6.54 Å². The molecule has 1 unspecified atom stereocenters. The summed E-state index contributed by atoms with van der Waals surface area (Å²) in [4.78, 5) is 4.34. The van der Waals surface area contributed by atoms with Gasteiger partial charge in [0, 0.05) is 12.3 Å². The van der Waals surface area contributed by atoms with Crippen LogP contribution in [0.15, 0.2) is 17.1 Å². The third-order valence-electron chi connectivity index (χ3n) is 1.92. The first kappa shape index (κ1) is 8.47. The Labute approximate surface area is 68.2 Å². The maximum atomic E-state index is 5.34. The summed E-state index contributed by atoms with van der Waals surface area (Å²) in [5, 5.41) is 0. The van der Waals surface area contributed by atoms with Crippen molar-refractivity contribution in [3.63, 3.8) is 0 Å². The Hall–Kier alpha value is -0.630. The van der Waals surface area contributed by atoms with E-state index in [1.165, 1.54) is 12.1 Å². The van der Waals surface area contributed by atoms with Crippen LogP contribution in [0.2, 0.25) is 0 Å². The molecule has 2 heteroatoms. The molecule has 1 atom stereocenters. The summed E-state index contributed by atoms with van der Waals surface area (Å²) in [5.41, 5.74) is 6.56. The minimum absolute atomic E-state index is 0.660. The van der Waals surface area contributed by atoms with Crippen LogP contribution < -0.4 is 5.73 Å². The van der Waals surface area contributed by atoms with E-state index in [1.54, 1.807) is 0 Å². The van der Waals surface area contributed by atoms with Crippen LogP contribution in [0.1, 0.15) is 19.8 Å². The maximum absolute atomic E-state index is 5.34. The number of hydrogen-bond donors (Lipinski definition) is 1. The van der Waals surface area contributed by atoms with E-state index >= 15 is 0 Å². The summed E-state index contributed by atoms with van der Waals surface area (Å²) in [6.45, 7) is 3.66. The highest BCUT2D eigenvalue weighted by molar-refractivity contribution is 5.95. The first-order chi connectivity index (χ1) is 5.33. The lowest BCUT2D eigenvalue weighted by Gasteiger charge is -2.12. The van der Waals surface area contributed by atoms with Crippen molar-refractivity contribution in [2.75, 3.05) is 13.1 Å². The molecule has 0 spiro atoms. The zero-order valence-corrected chi connectivity index (χ0v) is 7.09. The highest BCUT2D eigenvalue weighted by Gasteiger charge is 2.05. The number of aliphatic imine (C=N–C) groups is 1. The van der Waals surface area contributed by atoms with Crippen LogP contribution in [0.25, 0.3) is 0 Å². The van der Waals surface area contributed by atoms with Gasteiger partial charge in [-0.1, -0.05) is 13.0 Å². The largest absolute Gasteiger partial charge is 0.329 e. The lowest BCUT2D eigenvalue weighted by Crippen LogP contribution is -2.09. The molecule has 0 heterocycles. The summed E-state index contributed by atoms with van der Waals surface area (Å²) < 4.78 is 0. The molecule has 0 radical (unpaired) electrons. The average Bonchev–Trinajstić information content (AvgIpc) is 2.04. The second kappa shape index (κ2) is 4.29. The van der Waals surface area contributed by atoms with Crippen LogP contribution in [0.4, 0.5) is 0 Å². The fourth-order valence-corrected chi connectivity index (χ4v) is 1.17. The molecule has 0 amide bonds. The molecule has 2 nitrogen and oxygen atoms in total. The van der Waals surface area contributed by atoms with Crippen molar-refractivity contribution >= 4 is 5.71 Å². The molecule has 1 rings (SSSR count). The summed E-state index contributed by atoms with van der Waals surface area (Å²) in [7, 11) is 0. The van der Waals surface area contributed by atoms with Crippen LogP contribution in [0, 0.1) is 5.92 Å². The topological polar surface area (TPSA) is 38.4 Å². The van der Waals surface area contributed by atoms with Crippen molar-refractivity contribution in [2.45, 2.75) is 19.8 Å². The molecular weight excluding hydrogens is 136 g/mol. The summed E-state index contributed by atoms with van der Waals surface area (Å²) >= 11 is 0. The number of rotatable bonds is 2. The average molecular weight is 152 g/mol. The van der Waals surface area contributed by atoms with Crippen molar-refractivity contribution in [3.8, 4) is 0 Å². The Morgan fingerprint density at radius 2 is 2.55 bits per heavy atom. The molecule has 0 saturated heterocycles. The molecule has 0 aromatic carbocycles. The molecule has 0 aromatic rings. The zero-order chi connectivity index (χ0) is 8.10. The molecule has 0 aliphatic heterocycles. The van der Waals surface area contributed by atoms with Gasteiger partial charge in [-0.05, 0) is 24.8 Å². The molecule has 62 valence electrons. The van der Waals surface area contributed by atoms with Gasteiger partial charge >= 0.3 is 0 Å². The summed E-state index contributed by atoms with van der Waals surface area (Å²) in [5.74, 6) is 0.729. The SMILES string of the molecule is CC1C=CC(=NCCN)CC1. The first-order valence-electron chi connectivity index (χ1n) is 4.24. The van der Waals surface area contributed by atoms with Gasteiger partial charge in [-0.2, -0.15) is 0 Å².